The van der Waals surface area contributed by atoms with Crippen LogP contribution < -0.4 is 5.32 Å². The summed E-state index contributed by atoms with van der Waals surface area (Å²) in [6, 6.07) is -0.549. The van der Waals surface area contributed by atoms with Gasteiger partial charge in [-0.15, -0.1) is 0 Å². The summed E-state index contributed by atoms with van der Waals surface area (Å²) in [6.45, 7) is 4.33. The minimum absolute atomic E-state index is 0.0426. The third-order valence-corrected chi connectivity index (χ3v) is 9.18. The molecule has 0 aromatic heterocycles. The average Bonchev–Trinajstić information content (AvgIpc) is 3.04. The average molecular weight is 634 g/mol. The van der Waals surface area contributed by atoms with E-state index in [1.807, 2.05) is 0 Å². The number of unbranched alkanes of at least 4 members (excludes halogenated alkanes) is 25. The zero-order chi connectivity index (χ0) is 32.9. The van der Waals surface area contributed by atoms with Crippen molar-refractivity contribution in [2.45, 2.75) is 225 Å². The van der Waals surface area contributed by atoms with Gasteiger partial charge in [-0.2, -0.15) is 0 Å². The van der Waals surface area contributed by atoms with E-state index in [9.17, 15) is 15.0 Å². The Kier molecular flexibility index (Phi) is 36.4. The molecular formula is C41H79NO3. The van der Waals surface area contributed by atoms with Gasteiger partial charge in [0.2, 0.25) is 5.91 Å². The minimum Gasteiger partial charge on any atom is -0.394 e. The number of rotatable bonds is 36. The van der Waals surface area contributed by atoms with Gasteiger partial charge in [-0.3, -0.25) is 4.79 Å². The predicted octanol–water partition coefficient (Wildman–Crippen LogP) is 12.1. The van der Waals surface area contributed by atoms with Gasteiger partial charge in [0.05, 0.1) is 18.8 Å². The van der Waals surface area contributed by atoms with E-state index >= 15 is 0 Å². The highest BCUT2D eigenvalue weighted by molar-refractivity contribution is 5.76. The summed E-state index contributed by atoms with van der Waals surface area (Å²) in [5.74, 6) is -0.0426. The van der Waals surface area contributed by atoms with E-state index in [1.165, 1.54) is 154 Å². The Hall–Kier alpha value is -1.13. The fourth-order valence-corrected chi connectivity index (χ4v) is 6.05. The molecular weight excluding hydrogens is 554 g/mol. The standard InChI is InChI=1S/C41H79NO3/c1-3-5-7-9-11-13-15-17-18-19-20-21-22-23-24-25-27-29-31-33-35-37-41(45)42-39(38-43)40(44)36-34-32-30-28-26-16-14-12-10-8-6-4-2/h17-18,26,28,39-40,43-44H,3-16,19-25,27,29-38H2,1-2H3,(H,42,45)/b18-17+,28-26+/t39-,40+/m0/s1. The molecule has 4 heteroatoms. The van der Waals surface area contributed by atoms with Crippen LogP contribution in [0.25, 0.3) is 0 Å². The SMILES string of the molecule is CCCCCCCC/C=C/CCCCCCCCCCCCCC(=O)N[C@@H](CO)[C@H](O)CCCC/C=C/CCCCCCCC. The Balaban J connectivity index is 3.53. The molecule has 0 aromatic rings. The highest BCUT2D eigenvalue weighted by Gasteiger charge is 2.19. The Bertz CT molecular complexity index is 647. The van der Waals surface area contributed by atoms with E-state index in [4.69, 9.17) is 0 Å². The van der Waals surface area contributed by atoms with Gasteiger partial charge in [0.15, 0.2) is 0 Å². The van der Waals surface area contributed by atoms with Crippen molar-refractivity contribution in [2.75, 3.05) is 6.61 Å². The third-order valence-electron chi connectivity index (χ3n) is 9.18. The molecule has 2 atom stereocenters. The van der Waals surface area contributed by atoms with Crippen LogP contribution in [0, 0.1) is 0 Å². The zero-order valence-electron chi connectivity index (χ0n) is 30.4. The highest BCUT2D eigenvalue weighted by atomic mass is 16.3. The molecule has 0 spiro atoms. The first kappa shape index (κ1) is 43.9. The Morgan fingerprint density at radius 2 is 0.844 bits per heavy atom. The van der Waals surface area contributed by atoms with Crippen molar-refractivity contribution in [1.29, 1.82) is 0 Å². The molecule has 0 aromatic carbocycles. The second kappa shape index (κ2) is 37.3. The molecule has 0 unspecified atom stereocenters. The number of amides is 1. The first-order valence-corrected chi connectivity index (χ1v) is 20.0. The largest absolute Gasteiger partial charge is 0.394 e. The number of aliphatic hydroxyl groups excluding tert-OH is 2. The molecule has 3 N–H and O–H groups in total. The summed E-state index contributed by atoms with van der Waals surface area (Å²) in [5, 5.41) is 23.0. The van der Waals surface area contributed by atoms with E-state index in [-0.39, 0.29) is 12.5 Å². The summed E-state index contributed by atoms with van der Waals surface area (Å²) in [4.78, 5) is 12.3. The van der Waals surface area contributed by atoms with Gasteiger partial charge in [-0.1, -0.05) is 167 Å². The fourth-order valence-electron chi connectivity index (χ4n) is 6.05. The molecule has 266 valence electrons. The van der Waals surface area contributed by atoms with Gasteiger partial charge in [0, 0.05) is 6.42 Å². The van der Waals surface area contributed by atoms with E-state index in [0.717, 1.165) is 32.1 Å². The van der Waals surface area contributed by atoms with E-state index in [0.29, 0.717) is 12.8 Å². The monoisotopic (exact) mass is 634 g/mol. The van der Waals surface area contributed by atoms with Gasteiger partial charge in [0.25, 0.3) is 0 Å². The molecule has 0 aliphatic heterocycles. The minimum atomic E-state index is -0.678. The number of allylic oxidation sites excluding steroid dienone is 4. The second-order valence-electron chi connectivity index (χ2n) is 13.7. The first-order chi connectivity index (χ1) is 22.2. The lowest BCUT2D eigenvalue weighted by Crippen LogP contribution is -2.45. The van der Waals surface area contributed by atoms with Crippen LogP contribution in [0.2, 0.25) is 0 Å². The number of nitrogens with one attached hydrogen (secondary N) is 1. The smallest absolute Gasteiger partial charge is 0.220 e. The van der Waals surface area contributed by atoms with Crippen LogP contribution in [0.3, 0.4) is 0 Å². The quantitative estimate of drug-likeness (QED) is 0.0475. The lowest BCUT2D eigenvalue weighted by Gasteiger charge is -2.22. The fraction of sp³-hybridized carbons (Fsp3) is 0.878. The normalized spacial score (nSPS) is 13.2. The molecule has 0 saturated heterocycles. The Labute approximate surface area is 281 Å². The number of hydrogen-bond donors (Lipinski definition) is 3. The van der Waals surface area contributed by atoms with Gasteiger partial charge in [-0.25, -0.2) is 0 Å². The Morgan fingerprint density at radius 1 is 0.511 bits per heavy atom. The van der Waals surface area contributed by atoms with Gasteiger partial charge in [0.1, 0.15) is 0 Å². The van der Waals surface area contributed by atoms with Crippen molar-refractivity contribution in [3.8, 4) is 0 Å². The summed E-state index contributed by atoms with van der Waals surface area (Å²) < 4.78 is 0. The molecule has 0 heterocycles. The van der Waals surface area contributed by atoms with Crippen LogP contribution in [-0.2, 0) is 4.79 Å². The Morgan fingerprint density at radius 3 is 1.22 bits per heavy atom. The van der Waals surface area contributed by atoms with Crippen molar-refractivity contribution < 1.29 is 15.0 Å². The summed E-state index contributed by atoms with van der Waals surface area (Å²) >= 11 is 0. The van der Waals surface area contributed by atoms with Crippen molar-refractivity contribution >= 4 is 5.91 Å². The first-order valence-electron chi connectivity index (χ1n) is 20.0. The molecule has 0 rings (SSSR count). The van der Waals surface area contributed by atoms with E-state index in [1.54, 1.807) is 0 Å². The molecule has 0 aliphatic rings. The van der Waals surface area contributed by atoms with Crippen LogP contribution >= 0.6 is 0 Å². The molecule has 45 heavy (non-hydrogen) atoms. The highest BCUT2D eigenvalue weighted by Crippen LogP contribution is 2.14. The lowest BCUT2D eigenvalue weighted by molar-refractivity contribution is -0.123. The maximum Gasteiger partial charge on any atom is 0.220 e. The second-order valence-corrected chi connectivity index (χ2v) is 13.7. The zero-order valence-corrected chi connectivity index (χ0v) is 30.4. The molecule has 1 amide bonds. The third kappa shape index (κ3) is 34.0. The molecule has 0 fully saturated rings. The summed E-state index contributed by atoms with van der Waals surface area (Å²) in [7, 11) is 0. The molecule has 0 radical (unpaired) electrons. The summed E-state index contributed by atoms with van der Waals surface area (Å²) in [5.41, 5.74) is 0. The van der Waals surface area contributed by atoms with Crippen molar-refractivity contribution in [2.24, 2.45) is 0 Å². The van der Waals surface area contributed by atoms with E-state index in [2.05, 4.69) is 43.5 Å². The maximum absolute atomic E-state index is 12.3. The maximum atomic E-state index is 12.3. The van der Waals surface area contributed by atoms with Gasteiger partial charge >= 0.3 is 0 Å². The number of carbonyl (C=O) groups excluding carboxylic acids is 1. The van der Waals surface area contributed by atoms with Crippen LogP contribution in [0.5, 0.6) is 0 Å². The number of hydrogen-bond acceptors (Lipinski definition) is 3. The molecule has 4 nitrogen and oxygen atoms in total. The summed E-state index contributed by atoms with van der Waals surface area (Å²) in [6.07, 6.45) is 46.7. The topological polar surface area (TPSA) is 69.6 Å². The molecule has 0 aliphatic carbocycles. The van der Waals surface area contributed by atoms with Crippen LogP contribution in [0.4, 0.5) is 0 Å². The van der Waals surface area contributed by atoms with Crippen molar-refractivity contribution in [3.05, 3.63) is 24.3 Å². The number of carbonyl (C=O) groups is 1. The van der Waals surface area contributed by atoms with E-state index < -0.39 is 12.1 Å². The predicted molar refractivity (Wildman–Crippen MR) is 198 cm³/mol. The molecule has 0 saturated carbocycles. The van der Waals surface area contributed by atoms with Crippen molar-refractivity contribution in [1.82, 2.24) is 5.32 Å². The molecule has 0 bridgehead atoms. The lowest BCUT2D eigenvalue weighted by atomic mass is 10.0. The van der Waals surface area contributed by atoms with Crippen molar-refractivity contribution in [3.63, 3.8) is 0 Å². The van der Waals surface area contributed by atoms with Gasteiger partial charge < -0.3 is 15.5 Å². The van der Waals surface area contributed by atoms with Gasteiger partial charge in [-0.05, 0) is 64.2 Å². The van der Waals surface area contributed by atoms with Crippen LogP contribution in [-0.4, -0.2) is 34.9 Å². The van der Waals surface area contributed by atoms with Crippen LogP contribution in [0.1, 0.15) is 213 Å². The van der Waals surface area contributed by atoms with Crippen LogP contribution in [0.15, 0.2) is 24.3 Å². The number of aliphatic hydroxyl groups is 2.